The number of nitrogens with one attached hydrogen (secondary N) is 1. The Kier molecular flexibility index (Phi) is 5.96. The quantitative estimate of drug-likeness (QED) is 0.562. The lowest BCUT2D eigenvalue weighted by atomic mass is 9.85. The maximum absolute atomic E-state index is 14.2. The van der Waals surface area contributed by atoms with Crippen LogP contribution >= 0.6 is 0 Å². The van der Waals surface area contributed by atoms with Crippen molar-refractivity contribution < 1.29 is 18.7 Å². The first-order valence-electron chi connectivity index (χ1n) is 10.2. The minimum absolute atomic E-state index is 0.0432. The van der Waals surface area contributed by atoms with Gasteiger partial charge in [-0.2, -0.15) is 0 Å². The molecule has 1 aromatic carbocycles. The molecule has 2 aromatic heterocycles. The van der Waals surface area contributed by atoms with Crippen molar-refractivity contribution in [1.29, 1.82) is 0 Å². The zero-order valence-corrected chi connectivity index (χ0v) is 17.3. The van der Waals surface area contributed by atoms with Gasteiger partial charge in [0, 0.05) is 11.8 Å². The number of nitrogen functional groups attached to an aromatic ring is 1. The number of nitrogens with two attached hydrogens (primary N) is 1. The van der Waals surface area contributed by atoms with E-state index in [1.807, 2.05) is 6.92 Å². The third-order valence-corrected chi connectivity index (χ3v) is 5.38. The molecule has 1 amide bonds. The SMILES string of the molecule is CC1CC(c2ccncc2NC(=O)c2nc(-c3c(F)cccc3F)ccc2N)=CC(O)C1. The third-order valence-electron chi connectivity index (χ3n) is 5.38. The fraction of sp³-hybridized carbons (Fsp3) is 0.208. The molecule has 0 aliphatic heterocycles. The van der Waals surface area contributed by atoms with Crippen LogP contribution in [0.15, 0.2) is 54.9 Å². The highest BCUT2D eigenvalue weighted by atomic mass is 19.1. The molecule has 0 radical (unpaired) electrons. The number of anilines is 2. The molecule has 1 aliphatic carbocycles. The van der Waals surface area contributed by atoms with Gasteiger partial charge in [-0.25, -0.2) is 13.8 Å². The summed E-state index contributed by atoms with van der Waals surface area (Å²) in [6, 6.07) is 7.99. The van der Waals surface area contributed by atoms with Gasteiger partial charge < -0.3 is 16.2 Å². The van der Waals surface area contributed by atoms with Crippen LogP contribution in [0, 0.1) is 17.6 Å². The van der Waals surface area contributed by atoms with Crippen molar-refractivity contribution in [2.45, 2.75) is 25.9 Å². The second-order valence-electron chi connectivity index (χ2n) is 7.91. The second kappa shape index (κ2) is 8.84. The highest BCUT2D eigenvalue weighted by Gasteiger charge is 2.22. The molecule has 164 valence electrons. The monoisotopic (exact) mass is 436 g/mol. The first kappa shape index (κ1) is 21.6. The number of hydrogen-bond acceptors (Lipinski definition) is 5. The number of amides is 1. The molecule has 4 rings (SSSR count). The Morgan fingerprint density at radius 1 is 1.19 bits per heavy atom. The number of carbonyl (C=O) groups is 1. The van der Waals surface area contributed by atoms with E-state index in [4.69, 9.17) is 5.73 Å². The zero-order valence-electron chi connectivity index (χ0n) is 17.3. The lowest BCUT2D eigenvalue weighted by Crippen LogP contribution is -2.19. The Hall–Kier alpha value is -3.65. The molecule has 0 spiro atoms. The van der Waals surface area contributed by atoms with Gasteiger partial charge in [-0.15, -0.1) is 0 Å². The summed E-state index contributed by atoms with van der Waals surface area (Å²) in [5, 5.41) is 12.9. The number of rotatable bonds is 4. The van der Waals surface area contributed by atoms with Gasteiger partial charge >= 0.3 is 0 Å². The van der Waals surface area contributed by atoms with Crippen LogP contribution in [0.5, 0.6) is 0 Å². The van der Waals surface area contributed by atoms with E-state index in [0.29, 0.717) is 12.1 Å². The van der Waals surface area contributed by atoms with Crippen LogP contribution in [0.1, 0.15) is 35.8 Å². The standard InChI is InChI=1S/C24H22F2N4O2/c1-13-9-14(11-15(31)10-13)16-7-8-28-12-21(16)30-24(32)23-19(27)5-6-20(29-23)22-17(25)3-2-4-18(22)26/h2-8,11-13,15,31H,9-10,27H2,1H3,(H,30,32). The van der Waals surface area contributed by atoms with Crippen molar-refractivity contribution >= 4 is 22.9 Å². The smallest absolute Gasteiger partial charge is 0.276 e. The maximum atomic E-state index is 14.2. The lowest BCUT2D eigenvalue weighted by Gasteiger charge is -2.24. The molecule has 8 heteroatoms. The van der Waals surface area contributed by atoms with Crippen LogP contribution in [0.4, 0.5) is 20.2 Å². The number of allylic oxidation sites excluding steroid dienone is 1. The summed E-state index contributed by atoms with van der Waals surface area (Å²) in [7, 11) is 0. The Morgan fingerprint density at radius 3 is 2.66 bits per heavy atom. The van der Waals surface area contributed by atoms with Crippen LogP contribution in [0.2, 0.25) is 0 Å². The van der Waals surface area contributed by atoms with Gasteiger partial charge in [0.05, 0.1) is 34.9 Å². The summed E-state index contributed by atoms with van der Waals surface area (Å²) in [5.74, 6) is -1.94. The van der Waals surface area contributed by atoms with Crippen molar-refractivity contribution in [2.75, 3.05) is 11.1 Å². The molecular formula is C24H22F2N4O2. The van der Waals surface area contributed by atoms with Crippen LogP contribution in [0.3, 0.4) is 0 Å². The first-order valence-corrected chi connectivity index (χ1v) is 10.2. The summed E-state index contributed by atoms with van der Waals surface area (Å²) in [5.41, 5.74) is 7.53. The molecule has 3 aromatic rings. The normalized spacial score (nSPS) is 18.2. The summed E-state index contributed by atoms with van der Waals surface area (Å²) < 4.78 is 28.4. The molecule has 0 fully saturated rings. The number of aromatic nitrogens is 2. The van der Waals surface area contributed by atoms with Gasteiger partial charge in [0.25, 0.3) is 5.91 Å². The topological polar surface area (TPSA) is 101 Å². The number of halogens is 2. The van der Waals surface area contributed by atoms with E-state index in [0.717, 1.165) is 29.7 Å². The van der Waals surface area contributed by atoms with Crippen LogP contribution < -0.4 is 11.1 Å². The molecule has 0 saturated carbocycles. The Balaban J connectivity index is 1.68. The van der Waals surface area contributed by atoms with Crippen molar-refractivity contribution in [3.8, 4) is 11.3 Å². The van der Waals surface area contributed by atoms with E-state index in [1.54, 1.807) is 18.3 Å². The molecular weight excluding hydrogens is 414 g/mol. The van der Waals surface area contributed by atoms with Gasteiger partial charge in [-0.1, -0.05) is 19.1 Å². The maximum Gasteiger partial charge on any atom is 0.276 e. The molecule has 1 aliphatic rings. The van der Waals surface area contributed by atoms with Gasteiger partial charge in [0.2, 0.25) is 0 Å². The van der Waals surface area contributed by atoms with E-state index in [-0.39, 0.29) is 28.6 Å². The van der Waals surface area contributed by atoms with Crippen LogP contribution in [0.25, 0.3) is 16.8 Å². The molecule has 0 bridgehead atoms. The third kappa shape index (κ3) is 4.36. The highest BCUT2D eigenvalue weighted by molar-refractivity contribution is 6.07. The van der Waals surface area contributed by atoms with Gasteiger partial charge in [0.1, 0.15) is 11.6 Å². The molecule has 2 heterocycles. The highest BCUT2D eigenvalue weighted by Crippen LogP contribution is 2.34. The van der Waals surface area contributed by atoms with E-state index < -0.39 is 23.6 Å². The minimum Gasteiger partial charge on any atom is -0.397 e. The summed E-state index contributed by atoms with van der Waals surface area (Å²) in [6.07, 6.45) is 5.74. The van der Waals surface area contributed by atoms with E-state index in [9.17, 15) is 18.7 Å². The molecule has 32 heavy (non-hydrogen) atoms. The molecule has 0 saturated heterocycles. The van der Waals surface area contributed by atoms with Crippen molar-refractivity contribution in [2.24, 2.45) is 5.92 Å². The van der Waals surface area contributed by atoms with Crippen molar-refractivity contribution in [3.63, 3.8) is 0 Å². The number of hydrogen-bond donors (Lipinski definition) is 3. The number of pyridine rings is 2. The lowest BCUT2D eigenvalue weighted by molar-refractivity contribution is 0.102. The summed E-state index contributed by atoms with van der Waals surface area (Å²) in [4.78, 5) is 21.2. The predicted molar refractivity (Wildman–Crippen MR) is 119 cm³/mol. The van der Waals surface area contributed by atoms with Gasteiger partial charge in [-0.05, 0) is 54.7 Å². The first-order chi connectivity index (χ1) is 15.3. The Bertz CT molecular complexity index is 1190. The fourth-order valence-corrected chi connectivity index (χ4v) is 3.93. The average molecular weight is 436 g/mol. The molecule has 2 unspecified atom stereocenters. The van der Waals surface area contributed by atoms with E-state index in [1.165, 1.54) is 24.4 Å². The number of benzene rings is 1. The molecule has 6 nitrogen and oxygen atoms in total. The van der Waals surface area contributed by atoms with E-state index >= 15 is 0 Å². The van der Waals surface area contributed by atoms with Crippen molar-refractivity contribution in [3.05, 3.63) is 77.8 Å². The second-order valence-corrected chi connectivity index (χ2v) is 7.91. The number of carbonyl (C=O) groups excluding carboxylic acids is 1. The predicted octanol–water partition coefficient (Wildman–Crippen LogP) is 4.43. The van der Waals surface area contributed by atoms with Crippen molar-refractivity contribution in [1.82, 2.24) is 9.97 Å². The number of nitrogens with zero attached hydrogens (tertiary/aromatic N) is 2. The van der Waals surface area contributed by atoms with Gasteiger partial charge in [0.15, 0.2) is 5.69 Å². The number of aliphatic hydroxyl groups excluding tert-OH is 1. The largest absolute Gasteiger partial charge is 0.397 e. The molecule has 2 atom stereocenters. The number of aliphatic hydroxyl groups is 1. The van der Waals surface area contributed by atoms with Crippen LogP contribution in [-0.4, -0.2) is 27.1 Å². The zero-order chi connectivity index (χ0) is 22.8. The summed E-state index contributed by atoms with van der Waals surface area (Å²) in [6.45, 7) is 2.05. The average Bonchev–Trinajstić information content (AvgIpc) is 2.74. The fourth-order valence-electron chi connectivity index (χ4n) is 3.93. The van der Waals surface area contributed by atoms with E-state index in [2.05, 4.69) is 15.3 Å². The summed E-state index contributed by atoms with van der Waals surface area (Å²) >= 11 is 0. The Labute approximate surface area is 183 Å². The minimum atomic E-state index is -0.792. The van der Waals surface area contributed by atoms with Gasteiger partial charge in [-0.3, -0.25) is 9.78 Å². The van der Waals surface area contributed by atoms with Crippen LogP contribution in [-0.2, 0) is 0 Å². The molecule has 4 N–H and O–H groups in total. The Morgan fingerprint density at radius 2 is 1.94 bits per heavy atom.